The highest BCUT2D eigenvalue weighted by atomic mass is 32.2. The Kier molecular flexibility index (Phi) is 13.6. The van der Waals surface area contributed by atoms with Crippen molar-refractivity contribution in [2.24, 2.45) is 0 Å². The molecule has 258 valence electrons. The topological polar surface area (TPSA) is 167 Å². The lowest BCUT2D eigenvalue weighted by Gasteiger charge is -2.45. The number of benzene rings is 1. The number of aliphatic hydroxyl groups excluding tert-OH is 1. The molecule has 1 aromatic rings. The largest absolute Gasteiger partial charge is 0.461 e. The van der Waals surface area contributed by atoms with E-state index < -0.39 is 48.0 Å². The molecule has 3 amide bonds. The Hall–Kier alpha value is -2.60. The number of hydrazine groups is 1. The summed E-state index contributed by atoms with van der Waals surface area (Å²) in [5, 5.41) is 26.9. The SMILES string of the molecule is C[C@H](SC[C@H](C(=O)OCc1ccc([N+](=O)[O-])cc1)[Si](C)(ON1CCCC1)C(C)(C)C)C(=O)N(C)C(=O)NN1CCNC[C@H]1[C@H](C)O. The molecule has 0 aliphatic carbocycles. The third-order valence-corrected chi connectivity index (χ3v) is 15.8. The second kappa shape index (κ2) is 16.5. The van der Waals surface area contributed by atoms with Crippen LogP contribution in [-0.4, -0.2) is 114 Å². The third-order valence-electron chi connectivity index (χ3n) is 8.93. The molecule has 0 aromatic heterocycles. The fraction of sp³-hybridized carbons (Fsp3) is 0.700. The van der Waals surface area contributed by atoms with E-state index in [1.807, 2.05) is 11.6 Å². The van der Waals surface area contributed by atoms with Gasteiger partial charge >= 0.3 is 12.0 Å². The quantitative estimate of drug-likeness (QED) is 0.120. The second-order valence-electron chi connectivity index (χ2n) is 13.2. The van der Waals surface area contributed by atoms with Gasteiger partial charge in [0.25, 0.3) is 5.69 Å². The van der Waals surface area contributed by atoms with Crippen molar-refractivity contribution in [1.82, 2.24) is 25.7 Å². The van der Waals surface area contributed by atoms with E-state index >= 15 is 0 Å². The highest BCUT2D eigenvalue weighted by Crippen LogP contribution is 2.47. The summed E-state index contributed by atoms with van der Waals surface area (Å²) in [7, 11) is -1.56. The molecule has 3 N–H and O–H groups in total. The number of carbonyl (C=O) groups is 3. The Morgan fingerprint density at radius 2 is 1.83 bits per heavy atom. The molecule has 0 bridgehead atoms. The van der Waals surface area contributed by atoms with Gasteiger partial charge in [0.2, 0.25) is 14.2 Å². The van der Waals surface area contributed by atoms with Crippen molar-refractivity contribution < 1.29 is 33.7 Å². The van der Waals surface area contributed by atoms with Crippen LogP contribution in [-0.2, 0) is 25.5 Å². The molecule has 46 heavy (non-hydrogen) atoms. The van der Waals surface area contributed by atoms with Crippen molar-refractivity contribution in [3.8, 4) is 0 Å². The molecular weight excluding hydrogens is 633 g/mol. The van der Waals surface area contributed by atoms with Gasteiger partial charge in [-0.05, 0) is 56.0 Å². The van der Waals surface area contributed by atoms with Gasteiger partial charge in [0, 0.05) is 57.7 Å². The number of esters is 1. The Morgan fingerprint density at radius 1 is 1.20 bits per heavy atom. The van der Waals surface area contributed by atoms with Gasteiger partial charge in [0.15, 0.2) is 0 Å². The molecule has 1 unspecified atom stereocenters. The summed E-state index contributed by atoms with van der Waals surface area (Å²) < 4.78 is 12.5. The Balaban J connectivity index is 1.75. The molecule has 3 rings (SSSR count). The number of nitrogens with one attached hydrogen (secondary N) is 2. The number of hydrogen-bond acceptors (Lipinski definition) is 12. The number of aliphatic hydroxyl groups is 1. The van der Waals surface area contributed by atoms with Crippen LogP contribution in [0.3, 0.4) is 0 Å². The number of ether oxygens (including phenoxy) is 1. The number of imide groups is 1. The summed E-state index contributed by atoms with van der Waals surface area (Å²) in [6, 6.07) is 4.92. The zero-order valence-electron chi connectivity index (χ0n) is 28.0. The summed E-state index contributed by atoms with van der Waals surface area (Å²) in [4.78, 5) is 51.9. The maximum absolute atomic E-state index is 13.9. The van der Waals surface area contributed by atoms with Gasteiger partial charge in [-0.15, -0.1) is 11.8 Å². The van der Waals surface area contributed by atoms with Crippen LogP contribution in [0.1, 0.15) is 53.0 Å². The number of piperazine rings is 1. The lowest BCUT2D eigenvalue weighted by atomic mass is 10.1. The first-order chi connectivity index (χ1) is 21.5. The number of nitrogens with zero attached hydrogens (tertiary/aromatic N) is 4. The number of nitro benzene ring substituents is 1. The van der Waals surface area contributed by atoms with Crippen LogP contribution in [0.15, 0.2) is 24.3 Å². The van der Waals surface area contributed by atoms with Crippen LogP contribution in [0.2, 0.25) is 17.1 Å². The summed E-state index contributed by atoms with van der Waals surface area (Å²) in [6.45, 7) is 14.6. The molecule has 14 nitrogen and oxygen atoms in total. The van der Waals surface area contributed by atoms with Crippen LogP contribution >= 0.6 is 11.8 Å². The molecule has 5 atom stereocenters. The summed E-state index contributed by atoms with van der Waals surface area (Å²) in [6.07, 6.45) is 1.32. The van der Waals surface area contributed by atoms with Crippen molar-refractivity contribution in [2.75, 3.05) is 45.5 Å². The molecule has 0 saturated carbocycles. The van der Waals surface area contributed by atoms with Crippen molar-refractivity contribution >= 4 is 43.7 Å². The van der Waals surface area contributed by atoms with Gasteiger partial charge in [-0.1, -0.05) is 20.8 Å². The zero-order valence-corrected chi connectivity index (χ0v) is 29.8. The number of carbonyl (C=O) groups excluding carboxylic acids is 3. The number of non-ortho nitro benzene ring substituents is 1. The highest BCUT2D eigenvalue weighted by Gasteiger charge is 2.54. The van der Waals surface area contributed by atoms with Gasteiger partial charge in [-0.2, -0.15) is 0 Å². The van der Waals surface area contributed by atoms with Crippen LogP contribution < -0.4 is 10.7 Å². The number of rotatable bonds is 13. The number of hydroxylamine groups is 2. The molecule has 2 saturated heterocycles. The van der Waals surface area contributed by atoms with E-state index in [9.17, 15) is 29.6 Å². The van der Waals surface area contributed by atoms with E-state index in [1.165, 1.54) is 30.9 Å². The number of thioether (sulfide) groups is 1. The molecular formula is C30H50N6O8SSi. The van der Waals surface area contributed by atoms with E-state index in [4.69, 9.17) is 9.26 Å². The molecule has 2 heterocycles. The maximum Gasteiger partial charge on any atom is 0.338 e. The van der Waals surface area contributed by atoms with E-state index in [-0.39, 0.29) is 29.1 Å². The van der Waals surface area contributed by atoms with E-state index in [0.717, 1.165) is 30.8 Å². The number of hydrogen-bond donors (Lipinski definition) is 3. The fourth-order valence-corrected chi connectivity index (χ4v) is 10.5. The van der Waals surface area contributed by atoms with Gasteiger partial charge < -0.3 is 19.7 Å². The van der Waals surface area contributed by atoms with Crippen LogP contribution in [0.25, 0.3) is 0 Å². The van der Waals surface area contributed by atoms with Gasteiger partial charge in [-0.25, -0.2) is 14.9 Å². The fourth-order valence-electron chi connectivity index (χ4n) is 5.37. The Labute approximate surface area is 276 Å². The van der Waals surface area contributed by atoms with E-state index in [1.54, 1.807) is 31.0 Å². The summed E-state index contributed by atoms with van der Waals surface area (Å²) in [5.41, 5.74) is 2.65. The van der Waals surface area contributed by atoms with Crippen LogP contribution in [0.5, 0.6) is 0 Å². The third kappa shape index (κ3) is 9.71. The van der Waals surface area contributed by atoms with Crippen molar-refractivity contribution in [3.63, 3.8) is 0 Å². The van der Waals surface area contributed by atoms with Crippen molar-refractivity contribution in [1.29, 1.82) is 0 Å². The highest BCUT2D eigenvalue weighted by molar-refractivity contribution is 8.00. The Bertz CT molecular complexity index is 1210. The zero-order chi connectivity index (χ0) is 34.2. The maximum atomic E-state index is 13.9. The first-order valence-electron chi connectivity index (χ1n) is 15.7. The number of urea groups is 1. The minimum atomic E-state index is -2.97. The lowest BCUT2D eigenvalue weighted by molar-refractivity contribution is -0.384. The summed E-state index contributed by atoms with van der Waals surface area (Å²) in [5.74, 6) is -0.649. The van der Waals surface area contributed by atoms with Gasteiger partial charge in [0.05, 0.1) is 27.9 Å². The first kappa shape index (κ1) is 37.9. The van der Waals surface area contributed by atoms with Gasteiger partial charge in [0.1, 0.15) is 6.61 Å². The molecule has 2 aliphatic heterocycles. The smallest absolute Gasteiger partial charge is 0.338 e. The van der Waals surface area contributed by atoms with Crippen LogP contribution in [0.4, 0.5) is 10.5 Å². The normalized spacial score (nSPS) is 21.1. The number of nitro groups is 1. The van der Waals surface area contributed by atoms with Gasteiger partial charge in [-0.3, -0.25) is 30.0 Å². The minimum Gasteiger partial charge on any atom is -0.461 e. The van der Waals surface area contributed by atoms with Crippen molar-refractivity contribution in [3.05, 3.63) is 39.9 Å². The average molecular weight is 683 g/mol. The predicted molar refractivity (Wildman–Crippen MR) is 178 cm³/mol. The van der Waals surface area contributed by atoms with Crippen LogP contribution in [0, 0.1) is 10.1 Å². The average Bonchev–Trinajstić information content (AvgIpc) is 3.51. The Morgan fingerprint density at radius 3 is 2.39 bits per heavy atom. The second-order valence-corrected chi connectivity index (χ2v) is 19.1. The molecule has 0 radical (unpaired) electrons. The molecule has 2 fully saturated rings. The molecule has 2 aliphatic rings. The van der Waals surface area contributed by atoms with Crippen molar-refractivity contribution in [2.45, 2.75) is 88.6 Å². The molecule has 0 spiro atoms. The first-order valence-corrected chi connectivity index (χ1v) is 19.3. The monoisotopic (exact) mass is 682 g/mol. The number of amides is 3. The standard InChI is InChI=1S/C30H50N6O8SSi/c1-21(37)25-18-31-14-17-35(25)32-29(40)33(6)27(38)22(2)45-20-26(46(7,30(3,4)5)44-34-15-8-9-16-34)28(39)43-19-23-10-12-24(13-11-23)36(41)42/h10-13,21-22,25-26,31,37H,8-9,14-20H2,1-7H3,(H,32,40)/t21-,22-,25-,26+,46?/m0/s1. The van der Waals surface area contributed by atoms with E-state index in [2.05, 4.69) is 31.5 Å². The lowest BCUT2D eigenvalue weighted by Crippen LogP contribution is -2.63. The molecule has 16 heteroatoms. The molecule has 1 aromatic carbocycles. The van der Waals surface area contributed by atoms with E-state index in [0.29, 0.717) is 25.2 Å². The minimum absolute atomic E-state index is 0.0518. The summed E-state index contributed by atoms with van der Waals surface area (Å²) >= 11 is 1.27. The predicted octanol–water partition coefficient (Wildman–Crippen LogP) is 3.27.